The molecule has 186 valence electrons. The molecule has 4 aromatic carbocycles. The Morgan fingerprint density at radius 3 is 1.76 bits per heavy atom. The zero-order valence-electron chi connectivity index (χ0n) is 20.5. The Balaban J connectivity index is 1.32. The summed E-state index contributed by atoms with van der Waals surface area (Å²) >= 11 is 6.25. The van der Waals surface area contributed by atoms with Crippen LogP contribution in [0.2, 0.25) is 5.02 Å². The van der Waals surface area contributed by atoms with Gasteiger partial charge in [0.15, 0.2) is 0 Å². The van der Waals surface area contributed by atoms with Crippen molar-refractivity contribution in [1.82, 2.24) is 0 Å². The standard InChI is InChI=1S/C32H23ClN2O3/c1-17-23(33)14-8-15-24(17)34-30(36)22-13-6-7-16-25(22)35-31(37)28-26-18-9-2-3-10-19(18)27(29(28)32(35)38)21-12-5-4-11-20(21)26/h2-16,26-29H,1H3,(H,34,36)/t26?,27?,28-,29-/m0/s1. The summed E-state index contributed by atoms with van der Waals surface area (Å²) < 4.78 is 0. The molecule has 1 heterocycles. The molecule has 0 saturated carbocycles. The van der Waals surface area contributed by atoms with Crippen LogP contribution in [0.3, 0.4) is 0 Å². The number of para-hydroxylation sites is 1. The number of nitrogens with one attached hydrogen (secondary N) is 1. The highest BCUT2D eigenvalue weighted by atomic mass is 35.5. The van der Waals surface area contributed by atoms with E-state index in [9.17, 15) is 14.4 Å². The van der Waals surface area contributed by atoms with Crippen LogP contribution in [-0.2, 0) is 9.59 Å². The van der Waals surface area contributed by atoms with E-state index in [0.29, 0.717) is 16.4 Å². The van der Waals surface area contributed by atoms with Gasteiger partial charge in [-0.2, -0.15) is 0 Å². The molecule has 4 aromatic rings. The Labute approximate surface area is 225 Å². The highest BCUT2D eigenvalue weighted by molar-refractivity contribution is 6.32. The summed E-state index contributed by atoms with van der Waals surface area (Å²) in [6.45, 7) is 1.83. The van der Waals surface area contributed by atoms with Crippen molar-refractivity contribution in [3.05, 3.63) is 129 Å². The number of benzene rings is 4. The van der Waals surface area contributed by atoms with Crippen LogP contribution < -0.4 is 10.2 Å². The van der Waals surface area contributed by atoms with Gasteiger partial charge in [0, 0.05) is 22.5 Å². The molecule has 3 amide bonds. The molecular weight excluding hydrogens is 496 g/mol. The maximum atomic E-state index is 14.1. The van der Waals surface area contributed by atoms with Gasteiger partial charge in [0.05, 0.1) is 23.1 Å². The molecule has 0 unspecified atom stereocenters. The molecule has 38 heavy (non-hydrogen) atoms. The highest BCUT2D eigenvalue weighted by Gasteiger charge is 2.62. The first kappa shape index (κ1) is 22.9. The molecule has 0 spiro atoms. The lowest BCUT2D eigenvalue weighted by atomic mass is 9.55. The van der Waals surface area contributed by atoms with Crippen molar-refractivity contribution >= 4 is 40.7 Å². The van der Waals surface area contributed by atoms with E-state index in [1.165, 1.54) is 4.90 Å². The quantitative estimate of drug-likeness (QED) is 0.324. The number of imide groups is 1. The predicted molar refractivity (Wildman–Crippen MR) is 147 cm³/mol. The van der Waals surface area contributed by atoms with Crippen LogP contribution in [0.5, 0.6) is 0 Å². The van der Waals surface area contributed by atoms with Crippen LogP contribution in [0.4, 0.5) is 11.4 Å². The summed E-state index contributed by atoms with van der Waals surface area (Å²) in [5.74, 6) is -2.33. The van der Waals surface area contributed by atoms with Crippen molar-refractivity contribution in [2.45, 2.75) is 18.8 Å². The van der Waals surface area contributed by atoms with Crippen LogP contribution in [0.1, 0.15) is 50.0 Å². The molecular formula is C32H23ClN2O3. The summed E-state index contributed by atoms with van der Waals surface area (Å²) in [6, 6.07) is 28.4. The third-order valence-corrected chi connectivity index (χ3v) is 8.76. The highest BCUT2D eigenvalue weighted by Crippen LogP contribution is 2.61. The molecule has 3 aliphatic carbocycles. The topological polar surface area (TPSA) is 66.5 Å². The van der Waals surface area contributed by atoms with E-state index in [0.717, 1.165) is 27.8 Å². The van der Waals surface area contributed by atoms with Crippen LogP contribution in [-0.4, -0.2) is 17.7 Å². The van der Waals surface area contributed by atoms with Gasteiger partial charge in [0.2, 0.25) is 11.8 Å². The number of rotatable bonds is 3. The Morgan fingerprint density at radius 1 is 0.711 bits per heavy atom. The maximum absolute atomic E-state index is 14.1. The van der Waals surface area contributed by atoms with Crippen molar-refractivity contribution in [1.29, 1.82) is 0 Å². The average molecular weight is 519 g/mol. The molecule has 6 heteroatoms. The number of nitrogens with zero attached hydrogens (tertiary/aromatic N) is 1. The van der Waals surface area contributed by atoms with E-state index < -0.39 is 17.7 Å². The van der Waals surface area contributed by atoms with Gasteiger partial charge in [-0.1, -0.05) is 78.3 Å². The van der Waals surface area contributed by atoms with Crippen LogP contribution >= 0.6 is 11.6 Å². The normalized spacial score (nSPS) is 22.6. The van der Waals surface area contributed by atoms with Crippen LogP contribution in [0.25, 0.3) is 0 Å². The fourth-order valence-corrected chi connectivity index (χ4v) is 6.88. The summed E-state index contributed by atoms with van der Waals surface area (Å²) in [4.78, 5) is 43.0. The monoisotopic (exact) mass is 518 g/mol. The van der Waals surface area contributed by atoms with Gasteiger partial charge in [-0.15, -0.1) is 0 Å². The van der Waals surface area contributed by atoms with Crippen LogP contribution in [0.15, 0.2) is 91.0 Å². The summed E-state index contributed by atoms with van der Waals surface area (Å²) in [6.07, 6.45) is 0. The van der Waals surface area contributed by atoms with Gasteiger partial charge >= 0.3 is 0 Å². The number of hydrogen-bond acceptors (Lipinski definition) is 3. The van der Waals surface area contributed by atoms with E-state index in [2.05, 4.69) is 29.6 Å². The Kier molecular flexibility index (Phi) is 5.07. The van der Waals surface area contributed by atoms with Gasteiger partial charge < -0.3 is 5.32 Å². The Bertz CT molecular complexity index is 1560. The molecule has 4 aliphatic rings. The first-order valence-corrected chi connectivity index (χ1v) is 13.1. The minimum absolute atomic E-state index is 0.200. The fraction of sp³-hybridized carbons (Fsp3) is 0.156. The summed E-state index contributed by atoms with van der Waals surface area (Å²) in [5.41, 5.74) is 6.34. The molecule has 1 saturated heterocycles. The third-order valence-electron chi connectivity index (χ3n) is 8.35. The number of anilines is 2. The lowest BCUT2D eigenvalue weighted by molar-refractivity contribution is -0.122. The zero-order chi connectivity index (χ0) is 26.1. The second-order valence-corrected chi connectivity index (χ2v) is 10.6. The Morgan fingerprint density at radius 2 is 1.21 bits per heavy atom. The molecule has 1 aliphatic heterocycles. The average Bonchev–Trinajstić information content (AvgIpc) is 3.21. The minimum Gasteiger partial charge on any atom is -0.322 e. The van der Waals surface area contributed by atoms with Gasteiger partial charge in [0.1, 0.15) is 0 Å². The molecule has 1 fully saturated rings. The van der Waals surface area contributed by atoms with Gasteiger partial charge in [-0.25, -0.2) is 4.90 Å². The van der Waals surface area contributed by atoms with Gasteiger partial charge in [0.25, 0.3) is 5.91 Å². The van der Waals surface area contributed by atoms with Crippen molar-refractivity contribution in [3.63, 3.8) is 0 Å². The van der Waals surface area contributed by atoms with Crippen molar-refractivity contribution in [3.8, 4) is 0 Å². The van der Waals surface area contributed by atoms with E-state index in [4.69, 9.17) is 11.6 Å². The van der Waals surface area contributed by atoms with E-state index >= 15 is 0 Å². The minimum atomic E-state index is -0.511. The van der Waals surface area contributed by atoms with Crippen molar-refractivity contribution < 1.29 is 14.4 Å². The summed E-state index contributed by atoms with van der Waals surface area (Å²) in [5, 5.41) is 3.45. The first-order valence-electron chi connectivity index (χ1n) is 12.7. The van der Waals surface area contributed by atoms with E-state index in [-0.39, 0.29) is 29.2 Å². The van der Waals surface area contributed by atoms with Gasteiger partial charge in [-0.3, -0.25) is 14.4 Å². The number of halogens is 1. The molecule has 0 aromatic heterocycles. The number of hydrogen-bond donors (Lipinski definition) is 1. The lowest BCUT2D eigenvalue weighted by Crippen LogP contribution is -2.41. The third kappa shape index (κ3) is 3.09. The number of carbonyl (C=O) groups is 3. The maximum Gasteiger partial charge on any atom is 0.257 e. The smallest absolute Gasteiger partial charge is 0.257 e. The molecule has 0 radical (unpaired) electrons. The van der Waals surface area contributed by atoms with E-state index in [1.54, 1.807) is 42.5 Å². The van der Waals surface area contributed by atoms with Crippen molar-refractivity contribution in [2.75, 3.05) is 10.2 Å². The fourth-order valence-electron chi connectivity index (χ4n) is 6.71. The molecule has 2 atom stereocenters. The lowest BCUT2D eigenvalue weighted by Gasteiger charge is -2.45. The number of carbonyl (C=O) groups excluding carboxylic acids is 3. The second kappa shape index (κ2) is 8.40. The van der Waals surface area contributed by atoms with E-state index in [1.807, 2.05) is 31.2 Å². The van der Waals surface area contributed by atoms with Crippen LogP contribution in [0, 0.1) is 18.8 Å². The zero-order valence-corrected chi connectivity index (χ0v) is 21.3. The van der Waals surface area contributed by atoms with Crippen molar-refractivity contribution in [2.24, 2.45) is 11.8 Å². The Hall–Kier alpha value is -4.22. The largest absolute Gasteiger partial charge is 0.322 e. The first-order chi connectivity index (χ1) is 18.5. The molecule has 2 bridgehead atoms. The second-order valence-electron chi connectivity index (χ2n) is 10.2. The predicted octanol–water partition coefficient (Wildman–Crippen LogP) is 6.30. The molecule has 5 nitrogen and oxygen atoms in total. The SMILES string of the molecule is Cc1c(Cl)cccc1NC(=O)c1ccccc1N1C(=O)[C@H]2C3c4ccccc4C(c4ccccc43)[C@@H]2C1=O. The molecule has 8 rings (SSSR count). The van der Waals surface area contributed by atoms with Gasteiger partial charge in [-0.05, 0) is 59.0 Å². The molecule has 1 N–H and O–H groups in total. The summed E-state index contributed by atoms with van der Waals surface area (Å²) in [7, 11) is 0. The number of amides is 3.